The minimum absolute atomic E-state index is 0.212. The van der Waals surface area contributed by atoms with Crippen LogP contribution in [0.4, 0.5) is 13.2 Å². The first-order valence-electron chi connectivity index (χ1n) is 5.80. The van der Waals surface area contributed by atoms with Crippen LogP contribution in [0.3, 0.4) is 0 Å². The molecule has 1 aliphatic carbocycles. The van der Waals surface area contributed by atoms with Crippen molar-refractivity contribution in [3.63, 3.8) is 0 Å². The molecular formula is C11H19F3O2. The summed E-state index contributed by atoms with van der Waals surface area (Å²) in [6.45, 7) is -1.48. The molecule has 0 aromatic rings. The normalized spacial score (nSPS) is 21.0. The molecule has 0 saturated heterocycles. The number of ether oxygens (including phenoxy) is 1. The van der Waals surface area contributed by atoms with E-state index in [-0.39, 0.29) is 6.61 Å². The van der Waals surface area contributed by atoms with Gasteiger partial charge in [-0.15, -0.1) is 0 Å². The van der Waals surface area contributed by atoms with Gasteiger partial charge in [-0.1, -0.05) is 32.1 Å². The van der Waals surface area contributed by atoms with E-state index in [9.17, 15) is 18.3 Å². The highest BCUT2D eigenvalue weighted by molar-refractivity contribution is 4.69. The van der Waals surface area contributed by atoms with Crippen LogP contribution in [0.25, 0.3) is 0 Å². The first-order valence-corrected chi connectivity index (χ1v) is 5.80. The largest absolute Gasteiger partial charge is 0.411 e. The van der Waals surface area contributed by atoms with Crippen LogP contribution < -0.4 is 0 Å². The molecule has 96 valence electrons. The van der Waals surface area contributed by atoms with Crippen LogP contribution in [0.5, 0.6) is 0 Å². The van der Waals surface area contributed by atoms with Gasteiger partial charge in [-0.2, -0.15) is 13.2 Å². The zero-order valence-electron chi connectivity index (χ0n) is 9.30. The molecule has 1 unspecified atom stereocenters. The predicted molar refractivity (Wildman–Crippen MR) is 54.1 cm³/mol. The van der Waals surface area contributed by atoms with E-state index in [1.54, 1.807) is 0 Å². The van der Waals surface area contributed by atoms with E-state index in [2.05, 4.69) is 4.74 Å². The summed E-state index contributed by atoms with van der Waals surface area (Å²) in [5, 5.41) is 9.51. The van der Waals surface area contributed by atoms with Crippen LogP contribution in [0.1, 0.15) is 38.5 Å². The summed E-state index contributed by atoms with van der Waals surface area (Å²) in [7, 11) is 0. The van der Waals surface area contributed by atoms with Gasteiger partial charge in [0.05, 0.1) is 12.7 Å². The fourth-order valence-electron chi connectivity index (χ4n) is 2.19. The lowest BCUT2D eigenvalue weighted by Crippen LogP contribution is -2.25. The smallest absolute Gasteiger partial charge is 0.391 e. The first-order chi connectivity index (χ1) is 7.47. The van der Waals surface area contributed by atoms with Gasteiger partial charge in [-0.3, -0.25) is 0 Å². The number of aliphatic hydroxyl groups excluding tert-OH is 1. The van der Waals surface area contributed by atoms with Crippen LogP contribution >= 0.6 is 0 Å². The number of rotatable bonds is 5. The Kier molecular flexibility index (Phi) is 5.55. The van der Waals surface area contributed by atoms with Gasteiger partial charge in [-0.05, 0) is 12.3 Å². The van der Waals surface area contributed by atoms with Crippen molar-refractivity contribution < 1.29 is 23.0 Å². The van der Waals surface area contributed by atoms with Crippen molar-refractivity contribution >= 4 is 0 Å². The Labute approximate surface area is 93.8 Å². The van der Waals surface area contributed by atoms with E-state index in [4.69, 9.17) is 0 Å². The second-order valence-corrected chi connectivity index (χ2v) is 4.52. The molecule has 0 aliphatic heterocycles. The molecule has 5 heteroatoms. The zero-order valence-corrected chi connectivity index (χ0v) is 9.30. The van der Waals surface area contributed by atoms with E-state index in [0.29, 0.717) is 12.3 Å². The van der Waals surface area contributed by atoms with Crippen LogP contribution in [0, 0.1) is 5.92 Å². The molecule has 0 radical (unpaired) electrons. The molecule has 1 N–H and O–H groups in total. The Bertz CT molecular complexity index is 188. The molecule has 0 aromatic carbocycles. The van der Waals surface area contributed by atoms with Gasteiger partial charge < -0.3 is 9.84 Å². The number of alkyl halides is 3. The molecule has 2 nitrogen and oxygen atoms in total. The summed E-state index contributed by atoms with van der Waals surface area (Å²) in [6, 6.07) is 0. The molecule has 0 aromatic heterocycles. The van der Waals surface area contributed by atoms with Gasteiger partial charge in [0, 0.05) is 0 Å². The van der Waals surface area contributed by atoms with Crippen LogP contribution in [-0.2, 0) is 4.74 Å². The average Bonchev–Trinajstić information content (AvgIpc) is 2.17. The Morgan fingerprint density at radius 2 is 1.81 bits per heavy atom. The molecule has 1 atom stereocenters. The van der Waals surface area contributed by atoms with Crippen LogP contribution in [0.2, 0.25) is 0 Å². The fraction of sp³-hybridized carbons (Fsp3) is 1.00. The maximum absolute atomic E-state index is 11.8. The molecule has 1 saturated carbocycles. The van der Waals surface area contributed by atoms with Gasteiger partial charge in [0.25, 0.3) is 0 Å². The Morgan fingerprint density at radius 3 is 2.38 bits per heavy atom. The Balaban J connectivity index is 2.08. The quantitative estimate of drug-likeness (QED) is 0.800. The minimum atomic E-state index is -4.30. The van der Waals surface area contributed by atoms with E-state index < -0.39 is 18.9 Å². The molecule has 1 aliphatic rings. The lowest BCUT2D eigenvalue weighted by Gasteiger charge is -2.24. The molecule has 1 rings (SSSR count). The second kappa shape index (κ2) is 6.45. The predicted octanol–water partition coefficient (Wildman–Crippen LogP) is 2.90. The van der Waals surface area contributed by atoms with Gasteiger partial charge in [0.1, 0.15) is 6.61 Å². The molecule has 16 heavy (non-hydrogen) atoms. The van der Waals surface area contributed by atoms with Crippen molar-refractivity contribution in [2.75, 3.05) is 13.2 Å². The average molecular weight is 240 g/mol. The minimum Gasteiger partial charge on any atom is -0.391 e. The monoisotopic (exact) mass is 240 g/mol. The van der Waals surface area contributed by atoms with Gasteiger partial charge in [0.2, 0.25) is 0 Å². The van der Waals surface area contributed by atoms with Crippen molar-refractivity contribution in [3.8, 4) is 0 Å². The lowest BCUT2D eigenvalue weighted by atomic mass is 9.85. The van der Waals surface area contributed by atoms with Crippen molar-refractivity contribution in [1.82, 2.24) is 0 Å². The highest BCUT2D eigenvalue weighted by Crippen LogP contribution is 2.27. The van der Waals surface area contributed by atoms with Crippen molar-refractivity contribution in [3.05, 3.63) is 0 Å². The highest BCUT2D eigenvalue weighted by atomic mass is 19.4. The maximum atomic E-state index is 11.8. The summed E-state index contributed by atoms with van der Waals surface area (Å²) in [5.74, 6) is 0.457. The number of aliphatic hydroxyl groups is 1. The topological polar surface area (TPSA) is 29.5 Å². The van der Waals surface area contributed by atoms with Crippen LogP contribution in [-0.4, -0.2) is 30.6 Å². The molecule has 1 fully saturated rings. The van der Waals surface area contributed by atoms with Gasteiger partial charge in [-0.25, -0.2) is 0 Å². The van der Waals surface area contributed by atoms with E-state index in [0.717, 1.165) is 12.8 Å². The zero-order chi connectivity index (χ0) is 12.0. The van der Waals surface area contributed by atoms with E-state index >= 15 is 0 Å². The number of hydrogen-bond acceptors (Lipinski definition) is 2. The summed E-state index contributed by atoms with van der Waals surface area (Å²) in [4.78, 5) is 0. The van der Waals surface area contributed by atoms with Crippen LogP contribution in [0.15, 0.2) is 0 Å². The standard InChI is InChI=1S/C11H19F3O2/c12-11(13,14)8-16-7-10(15)6-9-4-2-1-3-5-9/h9-10,15H,1-8H2. The van der Waals surface area contributed by atoms with Gasteiger partial charge in [0.15, 0.2) is 0 Å². The maximum Gasteiger partial charge on any atom is 0.411 e. The summed E-state index contributed by atoms with van der Waals surface area (Å²) >= 11 is 0. The Hall–Kier alpha value is -0.290. The van der Waals surface area contributed by atoms with E-state index in [1.165, 1.54) is 19.3 Å². The number of hydrogen-bond donors (Lipinski definition) is 1. The van der Waals surface area contributed by atoms with Crippen molar-refractivity contribution in [1.29, 1.82) is 0 Å². The van der Waals surface area contributed by atoms with Gasteiger partial charge >= 0.3 is 6.18 Å². The lowest BCUT2D eigenvalue weighted by molar-refractivity contribution is -0.179. The molecule has 0 heterocycles. The Morgan fingerprint density at radius 1 is 1.19 bits per heavy atom. The molecule has 0 bridgehead atoms. The third-order valence-electron chi connectivity index (χ3n) is 2.91. The van der Waals surface area contributed by atoms with Crippen molar-refractivity contribution in [2.45, 2.75) is 50.8 Å². The molecular weight excluding hydrogens is 221 g/mol. The van der Waals surface area contributed by atoms with Crippen molar-refractivity contribution in [2.24, 2.45) is 5.92 Å². The first kappa shape index (κ1) is 13.8. The third-order valence-corrected chi connectivity index (χ3v) is 2.91. The second-order valence-electron chi connectivity index (χ2n) is 4.52. The summed E-state index contributed by atoms with van der Waals surface area (Å²) in [5.41, 5.74) is 0. The third kappa shape index (κ3) is 6.33. The SMILES string of the molecule is OC(COCC(F)(F)F)CC1CCCCC1. The molecule has 0 amide bonds. The summed E-state index contributed by atoms with van der Waals surface area (Å²) in [6.07, 6.45) is 1.24. The molecule has 0 spiro atoms. The highest BCUT2D eigenvalue weighted by Gasteiger charge is 2.28. The van der Waals surface area contributed by atoms with E-state index in [1.807, 2.05) is 0 Å². The fourth-order valence-corrected chi connectivity index (χ4v) is 2.19. The summed E-state index contributed by atoms with van der Waals surface area (Å²) < 4.78 is 39.7. The number of halogens is 3.